The molecular weight excluding hydrogens is 308 g/mol. The van der Waals surface area contributed by atoms with Crippen LogP contribution in [0, 0.1) is 0 Å². The van der Waals surface area contributed by atoms with Crippen LogP contribution in [0.15, 0.2) is 53.6 Å². The van der Waals surface area contributed by atoms with Gasteiger partial charge in [-0.1, -0.05) is 35.6 Å². The van der Waals surface area contributed by atoms with E-state index in [-0.39, 0.29) is 6.61 Å². The van der Waals surface area contributed by atoms with Crippen LogP contribution < -0.4 is 10.3 Å². The first-order chi connectivity index (χ1) is 11.3. The van der Waals surface area contributed by atoms with Gasteiger partial charge >= 0.3 is 0 Å². The lowest BCUT2D eigenvalue weighted by molar-refractivity contribution is 0.304. The molecule has 0 fully saturated rings. The number of rotatable bonds is 6. The van der Waals surface area contributed by atoms with Crippen molar-refractivity contribution in [3.05, 3.63) is 54.1 Å². The highest BCUT2D eigenvalue weighted by Gasteiger charge is 2.01. The second-order valence-corrected chi connectivity index (χ2v) is 6.12. The number of nitrogens with zero attached hydrogens (tertiary/aromatic N) is 3. The number of hydrazone groups is 1. The molecule has 3 rings (SSSR count). The van der Waals surface area contributed by atoms with Gasteiger partial charge in [0.2, 0.25) is 5.13 Å². The number of benzene rings is 2. The lowest BCUT2D eigenvalue weighted by atomic mass is 10.2. The molecule has 6 heteroatoms. The predicted molar refractivity (Wildman–Crippen MR) is 97.6 cm³/mol. The maximum Gasteiger partial charge on any atom is 0.204 e. The number of para-hydroxylation sites is 1. The highest BCUT2D eigenvalue weighted by molar-refractivity contribution is 7.22. The maximum atomic E-state index is 8.95. The van der Waals surface area contributed by atoms with Crippen molar-refractivity contribution in [3.8, 4) is 0 Å². The summed E-state index contributed by atoms with van der Waals surface area (Å²) < 4.78 is 1.14. The molecule has 23 heavy (non-hydrogen) atoms. The molecule has 0 spiro atoms. The molecule has 0 unspecified atom stereocenters. The number of fused-ring (bicyclic) bond motifs is 1. The molecule has 5 nitrogen and oxygen atoms in total. The molecule has 0 amide bonds. The molecule has 1 heterocycles. The Morgan fingerprint density at radius 2 is 2.00 bits per heavy atom. The third-order valence-electron chi connectivity index (χ3n) is 3.44. The minimum absolute atomic E-state index is 0.145. The van der Waals surface area contributed by atoms with E-state index in [1.54, 1.807) is 17.6 Å². The first-order valence-electron chi connectivity index (χ1n) is 7.33. The number of aromatic nitrogens is 1. The number of hydrogen-bond acceptors (Lipinski definition) is 6. The molecule has 0 atom stereocenters. The molecule has 0 saturated heterocycles. The van der Waals surface area contributed by atoms with Gasteiger partial charge in [-0.2, -0.15) is 5.10 Å². The molecule has 1 aromatic heterocycles. The summed E-state index contributed by atoms with van der Waals surface area (Å²) in [5.41, 5.74) is 6.02. The number of aliphatic hydroxyl groups is 1. The Bertz CT molecular complexity index is 765. The van der Waals surface area contributed by atoms with Crippen LogP contribution in [0.3, 0.4) is 0 Å². The van der Waals surface area contributed by atoms with Crippen molar-refractivity contribution in [3.63, 3.8) is 0 Å². The molecule has 118 valence electrons. The molecule has 0 aliphatic carbocycles. The van der Waals surface area contributed by atoms with Crippen molar-refractivity contribution >= 4 is 38.6 Å². The van der Waals surface area contributed by atoms with Crippen LogP contribution in [0.1, 0.15) is 5.56 Å². The van der Waals surface area contributed by atoms with Crippen LogP contribution in [0.5, 0.6) is 0 Å². The number of likely N-dealkylation sites (N-methyl/N-ethyl adjacent to an activating group) is 1. The molecule has 0 saturated carbocycles. The molecular formula is C17H18N4OS. The average molecular weight is 326 g/mol. The zero-order valence-corrected chi connectivity index (χ0v) is 13.6. The fourth-order valence-corrected chi connectivity index (χ4v) is 2.99. The van der Waals surface area contributed by atoms with Crippen molar-refractivity contribution in [2.24, 2.45) is 5.10 Å². The number of thiazole rings is 1. The molecule has 0 bridgehead atoms. The van der Waals surface area contributed by atoms with Gasteiger partial charge in [-0.25, -0.2) is 4.98 Å². The first kappa shape index (κ1) is 15.5. The lowest BCUT2D eigenvalue weighted by Crippen LogP contribution is -2.20. The van der Waals surface area contributed by atoms with Crippen LogP contribution in [-0.2, 0) is 0 Å². The van der Waals surface area contributed by atoms with Gasteiger partial charge in [-0.05, 0) is 29.8 Å². The summed E-state index contributed by atoms with van der Waals surface area (Å²) in [5.74, 6) is 0. The normalized spacial score (nSPS) is 11.2. The Labute approximate surface area is 138 Å². The molecule has 0 radical (unpaired) electrons. The van der Waals surface area contributed by atoms with E-state index in [0.717, 1.165) is 26.6 Å². The highest BCUT2D eigenvalue weighted by atomic mass is 32.1. The van der Waals surface area contributed by atoms with Gasteiger partial charge in [-0.3, -0.25) is 5.43 Å². The zero-order chi connectivity index (χ0) is 16.1. The van der Waals surface area contributed by atoms with Crippen LogP contribution in [0.4, 0.5) is 10.8 Å². The van der Waals surface area contributed by atoms with E-state index in [1.807, 2.05) is 60.5 Å². The molecule has 2 N–H and O–H groups in total. The van der Waals surface area contributed by atoms with E-state index in [1.165, 1.54) is 0 Å². The van der Waals surface area contributed by atoms with Crippen molar-refractivity contribution in [2.45, 2.75) is 0 Å². The van der Waals surface area contributed by atoms with Crippen molar-refractivity contribution in [1.82, 2.24) is 4.98 Å². The van der Waals surface area contributed by atoms with Gasteiger partial charge in [-0.15, -0.1) is 0 Å². The van der Waals surface area contributed by atoms with Gasteiger partial charge in [0.05, 0.1) is 23.0 Å². The fourth-order valence-electron chi connectivity index (χ4n) is 2.18. The van der Waals surface area contributed by atoms with Crippen molar-refractivity contribution in [2.75, 3.05) is 30.5 Å². The Hall–Kier alpha value is -2.44. The van der Waals surface area contributed by atoms with Gasteiger partial charge in [0.1, 0.15) is 0 Å². The van der Waals surface area contributed by atoms with Crippen LogP contribution in [-0.4, -0.2) is 36.5 Å². The number of nitrogens with one attached hydrogen (secondary N) is 1. The minimum Gasteiger partial charge on any atom is -0.395 e. The summed E-state index contributed by atoms with van der Waals surface area (Å²) in [6.45, 7) is 0.762. The Kier molecular flexibility index (Phi) is 4.85. The average Bonchev–Trinajstić information content (AvgIpc) is 2.98. The van der Waals surface area contributed by atoms with E-state index in [2.05, 4.69) is 15.5 Å². The monoisotopic (exact) mass is 326 g/mol. The van der Waals surface area contributed by atoms with Crippen molar-refractivity contribution in [1.29, 1.82) is 0 Å². The summed E-state index contributed by atoms with van der Waals surface area (Å²) in [5, 5.41) is 14.0. The van der Waals surface area contributed by atoms with Gasteiger partial charge < -0.3 is 10.0 Å². The Balaban J connectivity index is 1.63. The number of anilines is 2. The van der Waals surface area contributed by atoms with E-state index >= 15 is 0 Å². The largest absolute Gasteiger partial charge is 0.395 e. The molecule has 2 aromatic carbocycles. The second kappa shape index (κ2) is 7.21. The Morgan fingerprint density at radius 3 is 2.74 bits per heavy atom. The summed E-state index contributed by atoms with van der Waals surface area (Å²) in [6, 6.07) is 16.0. The Morgan fingerprint density at radius 1 is 1.22 bits per heavy atom. The van der Waals surface area contributed by atoms with E-state index < -0.39 is 0 Å². The standard InChI is InChI=1S/C17H18N4OS/c1-21(10-11-22)14-8-6-13(7-9-14)12-18-20-17-19-15-4-2-3-5-16(15)23-17/h2-9,12,22H,10-11H2,1H3,(H,19,20)/b18-12+. The third-order valence-corrected chi connectivity index (χ3v) is 4.38. The molecule has 0 aliphatic heterocycles. The number of hydrogen-bond donors (Lipinski definition) is 2. The fraction of sp³-hybridized carbons (Fsp3) is 0.176. The summed E-state index contributed by atoms with van der Waals surface area (Å²) in [7, 11) is 1.95. The minimum atomic E-state index is 0.145. The molecule has 0 aliphatic rings. The SMILES string of the molecule is CN(CCO)c1ccc(/C=N/Nc2nc3ccccc3s2)cc1. The summed E-state index contributed by atoms with van der Waals surface area (Å²) in [4.78, 5) is 6.47. The van der Waals surface area contributed by atoms with Crippen molar-refractivity contribution < 1.29 is 5.11 Å². The zero-order valence-electron chi connectivity index (χ0n) is 12.8. The maximum absolute atomic E-state index is 8.95. The van der Waals surface area contributed by atoms with E-state index in [0.29, 0.717) is 6.54 Å². The lowest BCUT2D eigenvalue weighted by Gasteiger charge is -2.17. The van der Waals surface area contributed by atoms with Crippen LogP contribution in [0.25, 0.3) is 10.2 Å². The quantitative estimate of drug-likeness (QED) is 0.539. The van der Waals surface area contributed by atoms with Gasteiger partial charge in [0.15, 0.2) is 0 Å². The molecule has 3 aromatic rings. The van der Waals surface area contributed by atoms with Crippen LogP contribution >= 0.6 is 11.3 Å². The van der Waals surface area contributed by atoms with E-state index in [9.17, 15) is 0 Å². The van der Waals surface area contributed by atoms with Gasteiger partial charge in [0, 0.05) is 19.3 Å². The van der Waals surface area contributed by atoms with E-state index in [4.69, 9.17) is 5.11 Å². The number of aliphatic hydroxyl groups excluding tert-OH is 1. The van der Waals surface area contributed by atoms with Gasteiger partial charge in [0.25, 0.3) is 0 Å². The second-order valence-electron chi connectivity index (χ2n) is 5.09. The predicted octanol–water partition coefficient (Wildman–Crippen LogP) is 3.17. The van der Waals surface area contributed by atoms with Crippen LogP contribution in [0.2, 0.25) is 0 Å². The highest BCUT2D eigenvalue weighted by Crippen LogP contribution is 2.25. The summed E-state index contributed by atoms with van der Waals surface area (Å²) in [6.07, 6.45) is 1.77. The topological polar surface area (TPSA) is 60.8 Å². The smallest absolute Gasteiger partial charge is 0.204 e. The summed E-state index contributed by atoms with van der Waals surface area (Å²) >= 11 is 1.58. The first-order valence-corrected chi connectivity index (χ1v) is 8.14. The third kappa shape index (κ3) is 3.85.